The highest BCUT2D eigenvalue weighted by Crippen LogP contribution is 2.49. The maximum absolute atomic E-state index is 14.5. The molecule has 2 N–H and O–H groups in total. The number of carbonyl (C=O) groups excluding carboxylic acids is 3. The molecule has 3 aromatic heterocycles. The zero-order valence-electron chi connectivity index (χ0n) is 25.3. The molecule has 3 amide bonds. The normalized spacial score (nSPS) is 19.5. The van der Waals surface area contributed by atoms with Crippen molar-refractivity contribution in [3.63, 3.8) is 0 Å². The summed E-state index contributed by atoms with van der Waals surface area (Å²) >= 11 is 0. The van der Waals surface area contributed by atoms with Gasteiger partial charge < -0.3 is 20.4 Å². The van der Waals surface area contributed by atoms with Gasteiger partial charge >= 0.3 is 0 Å². The summed E-state index contributed by atoms with van der Waals surface area (Å²) in [7, 11) is 1.85. The Bertz CT molecular complexity index is 1840. The second kappa shape index (κ2) is 10.4. The number of rotatable bonds is 7. The predicted octanol–water partition coefficient (Wildman–Crippen LogP) is 3.74. The maximum Gasteiger partial charge on any atom is 0.270 e. The summed E-state index contributed by atoms with van der Waals surface area (Å²) in [5, 5.41) is 8.18. The molecule has 0 atom stereocenters. The summed E-state index contributed by atoms with van der Waals surface area (Å²) in [5.74, 6) is 0.00799. The molecule has 8 rings (SSSR count). The molecule has 4 aromatic rings. The molecular formula is C35H35N7O3. The van der Waals surface area contributed by atoms with Crippen LogP contribution in [0.15, 0.2) is 67.3 Å². The summed E-state index contributed by atoms with van der Waals surface area (Å²) in [4.78, 5) is 57.9. The molecule has 10 heteroatoms. The van der Waals surface area contributed by atoms with Crippen LogP contribution in [0.2, 0.25) is 0 Å². The summed E-state index contributed by atoms with van der Waals surface area (Å²) in [5.41, 5.74) is 3.46. The average Bonchev–Trinajstić information content (AvgIpc) is 4.03. The lowest BCUT2D eigenvalue weighted by Gasteiger charge is -2.39. The second-order valence-corrected chi connectivity index (χ2v) is 12.8. The Kier molecular flexibility index (Phi) is 6.46. The van der Waals surface area contributed by atoms with Gasteiger partial charge in [-0.15, -0.1) is 0 Å². The van der Waals surface area contributed by atoms with E-state index in [1.807, 2.05) is 53.4 Å². The molecule has 0 bridgehead atoms. The van der Waals surface area contributed by atoms with Crippen LogP contribution in [0.25, 0.3) is 21.9 Å². The van der Waals surface area contributed by atoms with Crippen LogP contribution in [-0.4, -0.2) is 69.3 Å². The molecule has 0 radical (unpaired) electrons. The number of piperidine rings is 1. The lowest BCUT2D eigenvalue weighted by atomic mass is 9.74. The average molecular weight is 602 g/mol. The minimum Gasteiger partial charge on any atom is -0.348 e. The number of fused-ring (bicyclic) bond motifs is 3. The monoisotopic (exact) mass is 601 g/mol. The highest BCUT2D eigenvalue weighted by molar-refractivity contribution is 6.08. The number of hydrogen-bond donors (Lipinski definition) is 2. The summed E-state index contributed by atoms with van der Waals surface area (Å²) in [6.45, 7) is 1.33. The maximum atomic E-state index is 14.5. The Morgan fingerprint density at radius 1 is 0.956 bits per heavy atom. The smallest absolute Gasteiger partial charge is 0.270 e. The minimum atomic E-state index is -0.708. The molecular weight excluding hydrogens is 566 g/mol. The number of hydrogen-bond acceptors (Lipinski definition) is 7. The molecule has 1 saturated heterocycles. The first-order valence-electron chi connectivity index (χ1n) is 15.8. The van der Waals surface area contributed by atoms with E-state index in [1.54, 1.807) is 24.7 Å². The van der Waals surface area contributed by atoms with E-state index in [-0.39, 0.29) is 30.3 Å². The second-order valence-electron chi connectivity index (χ2n) is 12.8. The topological polar surface area (TPSA) is 120 Å². The lowest BCUT2D eigenvalue weighted by molar-refractivity contribution is -0.138. The van der Waals surface area contributed by atoms with Crippen LogP contribution in [0.5, 0.6) is 0 Å². The van der Waals surface area contributed by atoms with E-state index in [9.17, 15) is 14.4 Å². The van der Waals surface area contributed by atoms with Crippen LogP contribution in [0.3, 0.4) is 0 Å². The first-order chi connectivity index (χ1) is 21.9. The van der Waals surface area contributed by atoms with Crippen molar-refractivity contribution in [3.05, 3.63) is 84.2 Å². The molecule has 3 fully saturated rings. The zero-order chi connectivity index (χ0) is 30.8. The Hall–Kier alpha value is -4.70. The van der Waals surface area contributed by atoms with Crippen molar-refractivity contribution in [3.8, 4) is 11.1 Å². The van der Waals surface area contributed by atoms with E-state index in [4.69, 9.17) is 4.98 Å². The fourth-order valence-electron chi connectivity index (χ4n) is 7.18. The Balaban J connectivity index is 1.12. The Labute approximate surface area is 261 Å². The van der Waals surface area contributed by atoms with Gasteiger partial charge in [-0.3, -0.25) is 29.3 Å². The number of nitrogens with zero attached hydrogens (tertiary/aromatic N) is 5. The summed E-state index contributed by atoms with van der Waals surface area (Å²) in [6, 6.07) is 13.9. The summed E-state index contributed by atoms with van der Waals surface area (Å²) in [6.07, 6.45) is 12.0. The third-order valence-electron chi connectivity index (χ3n) is 10.2. The number of anilines is 1. The van der Waals surface area contributed by atoms with Crippen LogP contribution in [-0.2, 0) is 21.5 Å². The van der Waals surface area contributed by atoms with Gasteiger partial charge in [0, 0.05) is 54.2 Å². The van der Waals surface area contributed by atoms with Crippen molar-refractivity contribution in [1.82, 2.24) is 30.5 Å². The molecule has 4 aliphatic rings. The third kappa shape index (κ3) is 4.58. The van der Waals surface area contributed by atoms with Gasteiger partial charge in [0.05, 0.1) is 35.1 Å². The van der Waals surface area contributed by atoms with Crippen LogP contribution < -0.4 is 15.5 Å². The highest BCUT2D eigenvalue weighted by atomic mass is 16.2. The quantitative estimate of drug-likeness (QED) is 0.331. The summed E-state index contributed by atoms with van der Waals surface area (Å²) < 4.78 is 0. The molecule has 10 nitrogen and oxygen atoms in total. The van der Waals surface area contributed by atoms with Crippen molar-refractivity contribution in [2.45, 2.75) is 62.1 Å². The molecule has 2 aliphatic carbocycles. The van der Waals surface area contributed by atoms with Gasteiger partial charge in [-0.1, -0.05) is 30.3 Å². The van der Waals surface area contributed by atoms with Gasteiger partial charge in [-0.25, -0.2) is 0 Å². The Morgan fingerprint density at radius 3 is 2.47 bits per heavy atom. The van der Waals surface area contributed by atoms with E-state index in [1.165, 1.54) is 0 Å². The minimum absolute atomic E-state index is 0.0264. The van der Waals surface area contributed by atoms with Crippen molar-refractivity contribution >= 4 is 34.2 Å². The van der Waals surface area contributed by atoms with Gasteiger partial charge in [-0.2, -0.15) is 0 Å². The van der Waals surface area contributed by atoms with Crippen molar-refractivity contribution < 1.29 is 14.4 Å². The number of pyridine rings is 3. The van der Waals surface area contributed by atoms with E-state index < -0.39 is 11.0 Å². The van der Waals surface area contributed by atoms with Crippen LogP contribution in [0.1, 0.15) is 60.3 Å². The number of amides is 3. The van der Waals surface area contributed by atoms with Gasteiger partial charge in [-0.05, 0) is 68.7 Å². The fourth-order valence-corrected chi connectivity index (χ4v) is 7.18. The number of carbonyl (C=O) groups is 3. The number of aromatic nitrogens is 3. The van der Waals surface area contributed by atoms with Gasteiger partial charge in [0.1, 0.15) is 5.69 Å². The largest absolute Gasteiger partial charge is 0.348 e. The van der Waals surface area contributed by atoms with E-state index in [0.29, 0.717) is 31.6 Å². The Morgan fingerprint density at radius 2 is 1.76 bits per heavy atom. The van der Waals surface area contributed by atoms with E-state index in [2.05, 4.69) is 26.7 Å². The molecule has 45 heavy (non-hydrogen) atoms. The number of benzene rings is 1. The molecule has 5 heterocycles. The zero-order valence-corrected chi connectivity index (χ0v) is 25.3. The van der Waals surface area contributed by atoms with Crippen molar-refractivity contribution in [2.75, 3.05) is 25.0 Å². The van der Waals surface area contributed by atoms with E-state index in [0.717, 1.165) is 64.5 Å². The number of nitrogens with one attached hydrogen (secondary N) is 2. The third-order valence-corrected chi connectivity index (χ3v) is 10.2. The fraction of sp³-hybridized carbons (Fsp3) is 0.371. The lowest BCUT2D eigenvalue weighted by Crippen LogP contribution is -2.54. The molecule has 0 unspecified atom stereocenters. The van der Waals surface area contributed by atoms with Gasteiger partial charge in [0.15, 0.2) is 0 Å². The van der Waals surface area contributed by atoms with Crippen molar-refractivity contribution in [1.29, 1.82) is 0 Å². The first kappa shape index (κ1) is 27.8. The van der Waals surface area contributed by atoms with Crippen LogP contribution in [0.4, 0.5) is 5.69 Å². The van der Waals surface area contributed by atoms with Gasteiger partial charge in [0.2, 0.25) is 11.8 Å². The van der Waals surface area contributed by atoms with Crippen LogP contribution >= 0.6 is 0 Å². The molecule has 1 aromatic carbocycles. The number of likely N-dealkylation sites (N-methyl/N-ethyl adjacent to an activating group) is 1. The molecule has 228 valence electrons. The van der Waals surface area contributed by atoms with E-state index >= 15 is 0 Å². The predicted molar refractivity (Wildman–Crippen MR) is 169 cm³/mol. The first-order valence-corrected chi connectivity index (χ1v) is 15.8. The molecule has 2 aliphatic heterocycles. The highest BCUT2D eigenvalue weighted by Gasteiger charge is 2.55. The SMILES string of the molecule is CNC1(C(=O)N2CCC3(CC2)C(=O)N(Cc2ncc4ccccc4c2-c2ccc(C(=O)NC4CC4)nc2)c2cnccc23)CC1. The van der Waals surface area contributed by atoms with Crippen LogP contribution in [0, 0.1) is 0 Å². The van der Waals surface area contributed by atoms with Gasteiger partial charge in [0.25, 0.3) is 5.91 Å². The standard InChI is InChI=1S/C35H35N7O3/c1-36-35(11-12-35)33(45)41-16-13-34(14-17-41)26-10-15-37-20-29(26)42(32(34)44)21-28-30(25-5-3-2-4-22(25)18-39-28)23-6-9-27(38-19-23)31(43)40-24-7-8-24/h2-6,9-10,15,18-20,24,36H,7-8,11-14,16-17,21H2,1H3,(H,40,43). The molecule has 2 saturated carbocycles. The van der Waals surface area contributed by atoms with Crippen molar-refractivity contribution in [2.24, 2.45) is 0 Å². The molecule has 1 spiro atoms. The number of likely N-dealkylation sites (tertiary alicyclic amines) is 1.